The molecule has 2 aliphatic heterocycles. The van der Waals surface area contributed by atoms with E-state index in [1.54, 1.807) is 0 Å². The first kappa shape index (κ1) is 8.82. The Labute approximate surface area is 78.2 Å². The third-order valence-electron chi connectivity index (χ3n) is 2.36. The van der Waals surface area contributed by atoms with Crippen molar-refractivity contribution in [2.75, 3.05) is 0 Å². The summed E-state index contributed by atoms with van der Waals surface area (Å²) < 4.78 is 0. The predicted octanol–water partition coefficient (Wildman–Crippen LogP) is -1.92. The van der Waals surface area contributed by atoms with Gasteiger partial charge >= 0.3 is 6.03 Å². The van der Waals surface area contributed by atoms with Crippen LogP contribution in [0.25, 0.3) is 0 Å². The van der Waals surface area contributed by atoms with E-state index in [1.165, 1.54) is 0 Å². The number of amides is 4. The summed E-state index contributed by atoms with van der Waals surface area (Å²) in [5.41, 5.74) is 3.35. The van der Waals surface area contributed by atoms with Crippen LogP contribution in [0.4, 0.5) is 4.79 Å². The fourth-order valence-electron chi connectivity index (χ4n) is 1.59. The SMILES string of the molecule is NC12C(=O)CCC(=O)N1C(=O)NC2=O. The van der Waals surface area contributed by atoms with Gasteiger partial charge in [0.05, 0.1) is 0 Å². The second kappa shape index (κ2) is 2.38. The highest BCUT2D eigenvalue weighted by Gasteiger charge is 2.60. The molecule has 0 radical (unpaired) electrons. The molecule has 3 N–H and O–H groups in total. The molecule has 7 nitrogen and oxygen atoms in total. The Kier molecular flexibility index (Phi) is 1.50. The Morgan fingerprint density at radius 2 is 1.86 bits per heavy atom. The number of hydrogen-bond acceptors (Lipinski definition) is 5. The highest BCUT2D eigenvalue weighted by Crippen LogP contribution is 2.25. The van der Waals surface area contributed by atoms with Gasteiger partial charge in [-0.15, -0.1) is 0 Å². The minimum atomic E-state index is -2.10. The Morgan fingerprint density at radius 3 is 2.43 bits per heavy atom. The molecule has 4 amide bonds. The van der Waals surface area contributed by atoms with E-state index < -0.39 is 29.3 Å². The number of nitrogens with two attached hydrogens (primary N) is 1. The molecule has 0 spiro atoms. The molecule has 0 bridgehead atoms. The maximum absolute atomic E-state index is 11.4. The molecule has 2 fully saturated rings. The number of Topliss-reactive ketones (excluding diaryl/α,β-unsaturated/α-hetero) is 1. The molecule has 0 aromatic carbocycles. The Bertz CT molecular complexity index is 377. The number of carbonyl (C=O) groups is 4. The smallest absolute Gasteiger partial charge is 0.295 e. The molecule has 2 rings (SSSR count). The van der Waals surface area contributed by atoms with Crippen molar-refractivity contribution in [1.29, 1.82) is 0 Å². The van der Waals surface area contributed by atoms with Gasteiger partial charge in [0.25, 0.3) is 5.91 Å². The number of rotatable bonds is 0. The third kappa shape index (κ3) is 0.791. The lowest BCUT2D eigenvalue weighted by Gasteiger charge is -2.31. The summed E-state index contributed by atoms with van der Waals surface area (Å²) in [5, 5.41) is 1.84. The van der Waals surface area contributed by atoms with Gasteiger partial charge in [0.1, 0.15) is 0 Å². The molecule has 2 aliphatic rings. The zero-order chi connectivity index (χ0) is 10.5. The number of nitrogens with one attached hydrogen (secondary N) is 1. The van der Waals surface area contributed by atoms with Gasteiger partial charge in [0.15, 0.2) is 5.78 Å². The van der Waals surface area contributed by atoms with Gasteiger partial charge in [-0.2, -0.15) is 0 Å². The standard InChI is InChI=1S/C7H7N3O4/c8-7-3(11)1-2-4(12)10(7)6(14)9-5(7)13/h1-2,8H2,(H,9,13,14). The van der Waals surface area contributed by atoms with Gasteiger partial charge in [0.2, 0.25) is 11.6 Å². The number of ketones is 1. The Morgan fingerprint density at radius 1 is 1.21 bits per heavy atom. The number of nitrogens with zero attached hydrogens (tertiary/aromatic N) is 1. The topological polar surface area (TPSA) is 110 Å². The average Bonchev–Trinajstić information content (AvgIpc) is 2.34. The van der Waals surface area contributed by atoms with Crippen molar-refractivity contribution < 1.29 is 19.2 Å². The average molecular weight is 197 g/mol. The molecule has 0 saturated carbocycles. The summed E-state index contributed by atoms with van der Waals surface area (Å²) in [6, 6.07) is -0.921. The van der Waals surface area contributed by atoms with Gasteiger partial charge < -0.3 is 0 Å². The number of fused-ring (bicyclic) bond motifs is 1. The van der Waals surface area contributed by atoms with Gasteiger partial charge in [0, 0.05) is 12.8 Å². The Balaban J connectivity index is 2.54. The van der Waals surface area contributed by atoms with E-state index in [1.807, 2.05) is 5.32 Å². The number of hydrogen-bond donors (Lipinski definition) is 2. The van der Waals surface area contributed by atoms with Crippen LogP contribution in [0.1, 0.15) is 12.8 Å². The van der Waals surface area contributed by atoms with Crippen LogP contribution in [-0.2, 0) is 14.4 Å². The van der Waals surface area contributed by atoms with Crippen molar-refractivity contribution in [2.45, 2.75) is 18.5 Å². The van der Waals surface area contributed by atoms with Crippen LogP contribution in [0.15, 0.2) is 0 Å². The fraction of sp³-hybridized carbons (Fsp3) is 0.429. The van der Waals surface area contributed by atoms with E-state index in [-0.39, 0.29) is 12.8 Å². The molecule has 2 heterocycles. The molecule has 1 unspecified atom stereocenters. The summed E-state index contributed by atoms with van der Waals surface area (Å²) >= 11 is 0. The van der Waals surface area contributed by atoms with Crippen molar-refractivity contribution in [3.05, 3.63) is 0 Å². The number of imide groups is 2. The quantitative estimate of drug-likeness (QED) is 0.347. The minimum absolute atomic E-state index is 0.0848. The van der Waals surface area contributed by atoms with E-state index in [0.717, 1.165) is 0 Å². The van der Waals surface area contributed by atoms with Crippen molar-refractivity contribution in [3.8, 4) is 0 Å². The number of carbonyl (C=O) groups excluding carboxylic acids is 4. The van der Waals surface area contributed by atoms with Crippen LogP contribution in [-0.4, -0.2) is 34.2 Å². The van der Waals surface area contributed by atoms with Gasteiger partial charge in [-0.25, -0.2) is 9.69 Å². The van der Waals surface area contributed by atoms with Crippen LogP contribution in [0.5, 0.6) is 0 Å². The molecule has 0 aromatic rings. The maximum Gasteiger partial charge on any atom is 0.333 e. The van der Waals surface area contributed by atoms with Crippen LogP contribution >= 0.6 is 0 Å². The summed E-state index contributed by atoms with van der Waals surface area (Å²) in [5.74, 6) is -2.14. The van der Waals surface area contributed by atoms with Crippen LogP contribution in [0.3, 0.4) is 0 Å². The van der Waals surface area contributed by atoms with Crippen molar-refractivity contribution in [1.82, 2.24) is 10.2 Å². The second-order valence-electron chi connectivity index (χ2n) is 3.18. The van der Waals surface area contributed by atoms with Crippen LogP contribution < -0.4 is 11.1 Å². The number of piperidine rings is 1. The summed E-state index contributed by atoms with van der Waals surface area (Å²) in [6.07, 6.45) is -0.189. The zero-order valence-electron chi connectivity index (χ0n) is 7.07. The lowest BCUT2D eigenvalue weighted by molar-refractivity contribution is -0.151. The molecule has 0 aromatic heterocycles. The summed E-state index contributed by atoms with van der Waals surface area (Å²) in [6.45, 7) is 0. The first-order chi connectivity index (χ1) is 6.48. The molecule has 74 valence electrons. The van der Waals surface area contributed by atoms with Crippen molar-refractivity contribution in [3.63, 3.8) is 0 Å². The van der Waals surface area contributed by atoms with Gasteiger partial charge in [-0.1, -0.05) is 0 Å². The van der Waals surface area contributed by atoms with Crippen molar-refractivity contribution >= 4 is 23.6 Å². The molecule has 7 heteroatoms. The molecular formula is C7H7N3O4. The summed E-state index contributed by atoms with van der Waals surface area (Å²) in [7, 11) is 0. The molecule has 1 atom stereocenters. The molecule has 0 aliphatic carbocycles. The van der Waals surface area contributed by atoms with E-state index in [4.69, 9.17) is 5.73 Å². The third-order valence-corrected chi connectivity index (χ3v) is 2.36. The monoisotopic (exact) mass is 197 g/mol. The predicted molar refractivity (Wildman–Crippen MR) is 41.5 cm³/mol. The largest absolute Gasteiger partial charge is 0.333 e. The van der Waals surface area contributed by atoms with Gasteiger partial charge in [-0.3, -0.25) is 25.4 Å². The van der Waals surface area contributed by atoms with Crippen LogP contribution in [0, 0.1) is 0 Å². The first-order valence-corrected chi connectivity index (χ1v) is 3.98. The lowest BCUT2D eigenvalue weighted by Crippen LogP contribution is -2.66. The zero-order valence-corrected chi connectivity index (χ0v) is 7.07. The van der Waals surface area contributed by atoms with E-state index in [9.17, 15) is 19.2 Å². The normalized spacial score (nSPS) is 31.9. The van der Waals surface area contributed by atoms with Gasteiger partial charge in [-0.05, 0) is 0 Å². The fourth-order valence-corrected chi connectivity index (χ4v) is 1.59. The van der Waals surface area contributed by atoms with E-state index in [2.05, 4.69) is 0 Å². The second-order valence-corrected chi connectivity index (χ2v) is 3.18. The molecular weight excluding hydrogens is 190 g/mol. The van der Waals surface area contributed by atoms with Crippen molar-refractivity contribution in [2.24, 2.45) is 5.73 Å². The summed E-state index contributed by atoms with van der Waals surface area (Å²) in [4.78, 5) is 45.5. The Hall–Kier alpha value is -1.76. The maximum atomic E-state index is 11.4. The minimum Gasteiger partial charge on any atom is -0.295 e. The van der Waals surface area contributed by atoms with E-state index in [0.29, 0.717) is 4.90 Å². The molecule has 2 saturated heterocycles. The first-order valence-electron chi connectivity index (χ1n) is 3.98. The van der Waals surface area contributed by atoms with Crippen LogP contribution in [0.2, 0.25) is 0 Å². The van der Waals surface area contributed by atoms with E-state index >= 15 is 0 Å². The lowest BCUT2D eigenvalue weighted by atomic mass is 9.95. The number of urea groups is 1. The highest BCUT2D eigenvalue weighted by molar-refractivity contribution is 6.26. The highest BCUT2D eigenvalue weighted by atomic mass is 16.2. The molecule has 14 heavy (non-hydrogen) atoms.